The number of aromatic nitrogens is 4. The lowest BCUT2D eigenvalue weighted by atomic mass is 9.98. The van der Waals surface area contributed by atoms with Crippen LogP contribution in [-0.4, -0.2) is 50.1 Å². The van der Waals surface area contributed by atoms with Gasteiger partial charge in [0.1, 0.15) is 25.0 Å². The molecule has 2 rings (SSSR count). The van der Waals surface area contributed by atoms with Gasteiger partial charge >= 0.3 is 6.09 Å². The Bertz CT molecular complexity index is 913. The molecule has 33 heavy (non-hydrogen) atoms. The van der Waals surface area contributed by atoms with E-state index in [-0.39, 0.29) is 30.8 Å². The molecule has 10 nitrogen and oxygen atoms in total. The number of alkyl carbamates (subject to hydrolysis) is 1. The zero-order valence-electron chi connectivity index (χ0n) is 19.9. The van der Waals surface area contributed by atoms with Crippen LogP contribution in [-0.2, 0) is 27.5 Å². The van der Waals surface area contributed by atoms with Gasteiger partial charge in [0.2, 0.25) is 5.91 Å². The van der Waals surface area contributed by atoms with Crippen LogP contribution >= 0.6 is 0 Å². The first-order valence-corrected chi connectivity index (χ1v) is 11.2. The second-order valence-electron chi connectivity index (χ2n) is 8.93. The second kappa shape index (κ2) is 12.7. The average Bonchev–Trinajstić information content (AvgIpc) is 3.15. The Hall–Kier alpha value is -3.30. The van der Waals surface area contributed by atoms with E-state index in [0.717, 1.165) is 5.56 Å². The Morgan fingerprint density at radius 3 is 2.18 bits per heavy atom. The highest BCUT2D eigenvalue weighted by atomic mass is 16.5. The summed E-state index contributed by atoms with van der Waals surface area (Å²) < 4.78 is 6.66. The van der Waals surface area contributed by atoms with Gasteiger partial charge in [0.15, 0.2) is 5.78 Å². The van der Waals surface area contributed by atoms with Gasteiger partial charge in [-0.15, -0.1) is 5.10 Å². The molecule has 0 radical (unpaired) electrons. The van der Waals surface area contributed by atoms with Gasteiger partial charge in [-0.3, -0.25) is 9.59 Å². The molecule has 1 unspecified atom stereocenters. The topological polar surface area (TPSA) is 128 Å². The molecule has 0 fully saturated rings. The molecule has 0 aliphatic rings. The first-order valence-electron chi connectivity index (χ1n) is 11.2. The fourth-order valence-electron chi connectivity index (χ4n) is 3.28. The number of tetrazole rings is 1. The summed E-state index contributed by atoms with van der Waals surface area (Å²) in [7, 11) is 0. The first-order chi connectivity index (χ1) is 15.7. The molecule has 1 aromatic carbocycles. The molecule has 2 aromatic rings. The van der Waals surface area contributed by atoms with Gasteiger partial charge in [-0.05, 0) is 47.6 Å². The van der Waals surface area contributed by atoms with E-state index in [2.05, 4.69) is 26.2 Å². The Labute approximate surface area is 194 Å². The monoisotopic (exact) mass is 458 g/mol. The summed E-state index contributed by atoms with van der Waals surface area (Å²) in [4.78, 5) is 38.3. The summed E-state index contributed by atoms with van der Waals surface area (Å²) in [5.74, 6) is 0.188. The van der Waals surface area contributed by atoms with Gasteiger partial charge in [0.05, 0.1) is 6.04 Å². The Morgan fingerprint density at radius 2 is 1.61 bits per heavy atom. The van der Waals surface area contributed by atoms with Crippen LogP contribution in [0.1, 0.15) is 51.9 Å². The van der Waals surface area contributed by atoms with Gasteiger partial charge in [-0.1, -0.05) is 58.0 Å². The molecule has 2 amide bonds. The lowest BCUT2D eigenvalue weighted by Crippen LogP contribution is -2.52. The van der Waals surface area contributed by atoms with Crippen LogP contribution in [0.25, 0.3) is 0 Å². The van der Waals surface area contributed by atoms with Crippen molar-refractivity contribution in [2.45, 2.75) is 72.7 Å². The van der Waals surface area contributed by atoms with E-state index < -0.39 is 24.1 Å². The Morgan fingerprint density at radius 1 is 0.970 bits per heavy atom. The zero-order chi connectivity index (χ0) is 24.4. The average molecular weight is 459 g/mol. The minimum atomic E-state index is -0.828. The van der Waals surface area contributed by atoms with Crippen molar-refractivity contribution in [2.75, 3.05) is 0 Å². The molecule has 180 valence electrons. The van der Waals surface area contributed by atoms with E-state index in [1.165, 1.54) is 4.68 Å². The summed E-state index contributed by atoms with van der Waals surface area (Å²) >= 11 is 0. The third kappa shape index (κ3) is 8.99. The first kappa shape index (κ1) is 26.0. The summed E-state index contributed by atoms with van der Waals surface area (Å²) in [5.41, 5.74) is 0.845. The van der Waals surface area contributed by atoms with Crippen molar-refractivity contribution in [2.24, 2.45) is 11.8 Å². The fraction of sp³-hybridized carbons (Fsp3) is 0.565. The second-order valence-corrected chi connectivity index (χ2v) is 8.93. The van der Waals surface area contributed by atoms with E-state index in [4.69, 9.17) is 4.74 Å². The van der Waals surface area contributed by atoms with Crippen LogP contribution in [0.5, 0.6) is 0 Å². The highest BCUT2D eigenvalue weighted by molar-refractivity contribution is 5.92. The standard InChI is InChI=1S/C23H34N6O4/c1-15(2)11-19(21(30)13-29-17(5)26-27-28-29)24-22(31)20(12-16(3)4)25-23(32)33-14-18-9-7-6-8-10-18/h6-10,15-16,19-20H,11-14H2,1-5H3,(H,24,31)(H,25,32)/t19?,20-/m0/s1. The quantitative estimate of drug-likeness (QED) is 0.500. The smallest absolute Gasteiger partial charge is 0.408 e. The lowest BCUT2D eigenvalue weighted by Gasteiger charge is -2.24. The number of ether oxygens (including phenoxy) is 1. The third-order valence-electron chi connectivity index (χ3n) is 4.96. The van der Waals surface area contributed by atoms with Gasteiger partial charge in [0.25, 0.3) is 0 Å². The van der Waals surface area contributed by atoms with Crippen LogP contribution in [0.2, 0.25) is 0 Å². The van der Waals surface area contributed by atoms with Crippen LogP contribution in [0.3, 0.4) is 0 Å². The number of carbonyl (C=O) groups excluding carboxylic acids is 3. The minimum Gasteiger partial charge on any atom is -0.445 e. The number of hydrogen-bond donors (Lipinski definition) is 2. The van der Waals surface area contributed by atoms with Crippen molar-refractivity contribution in [3.05, 3.63) is 41.7 Å². The molecule has 1 aromatic heterocycles. The summed E-state index contributed by atoms with van der Waals surface area (Å²) in [6, 6.07) is 7.73. The number of rotatable bonds is 12. The maximum absolute atomic E-state index is 13.1. The van der Waals surface area contributed by atoms with E-state index in [1.807, 2.05) is 58.0 Å². The lowest BCUT2D eigenvalue weighted by molar-refractivity contribution is -0.130. The Kier molecular flexibility index (Phi) is 9.96. The number of benzene rings is 1. The van der Waals surface area contributed by atoms with E-state index in [0.29, 0.717) is 18.7 Å². The number of carbonyl (C=O) groups is 3. The molecule has 0 bridgehead atoms. The van der Waals surface area contributed by atoms with Gasteiger partial charge in [-0.25, -0.2) is 9.48 Å². The molecular weight excluding hydrogens is 424 g/mol. The molecule has 10 heteroatoms. The SMILES string of the molecule is Cc1nnnn1CC(=O)C(CC(C)C)NC(=O)[C@H](CC(C)C)NC(=O)OCc1ccccc1. The fourth-order valence-corrected chi connectivity index (χ4v) is 3.28. The third-order valence-corrected chi connectivity index (χ3v) is 4.96. The molecule has 2 N–H and O–H groups in total. The number of hydrogen-bond acceptors (Lipinski definition) is 7. The number of amides is 2. The summed E-state index contributed by atoms with van der Waals surface area (Å²) in [6.45, 7) is 9.61. The predicted octanol–water partition coefficient (Wildman–Crippen LogP) is 2.42. The molecule has 1 heterocycles. The normalized spacial score (nSPS) is 12.9. The van der Waals surface area contributed by atoms with Crippen LogP contribution in [0, 0.1) is 18.8 Å². The van der Waals surface area contributed by atoms with Crippen molar-refractivity contribution in [1.29, 1.82) is 0 Å². The highest BCUT2D eigenvalue weighted by Gasteiger charge is 2.28. The molecule has 0 aliphatic carbocycles. The number of aryl methyl sites for hydroxylation is 1. The number of Topliss-reactive ketones (excluding diaryl/α,β-unsaturated/α-hetero) is 1. The molecular formula is C23H34N6O4. The van der Waals surface area contributed by atoms with Crippen molar-refractivity contribution in [1.82, 2.24) is 30.8 Å². The number of ketones is 1. The van der Waals surface area contributed by atoms with Gasteiger partial charge in [-0.2, -0.15) is 0 Å². The van der Waals surface area contributed by atoms with Gasteiger partial charge in [0, 0.05) is 0 Å². The van der Waals surface area contributed by atoms with Crippen molar-refractivity contribution in [3.63, 3.8) is 0 Å². The maximum atomic E-state index is 13.1. The van der Waals surface area contributed by atoms with E-state index in [1.54, 1.807) is 6.92 Å². The maximum Gasteiger partial charge on any atom is 0.408 e. The van der Waals surface area contributed by atoms with Crippen molar-refractivity contribution >= 4 is 17.8 Å². The molecule has 0 saturated heterocycles. The van der Waals surface area contributed by atoms with E-state index in [9.17, 15) is 14.4 Å². The molecule has 0 spiro atoms. The van der Waals surface area contributed by atoms with Crippen LogP contribution < -0.4 is 10.6 Å². The zero-order valence-corrected chi connectivity index (χ0v) is 19.9. The van der Waals surface area contributed by atoms with Crippen molar-refractivity contribution < 1.29 is 19.1 Å². The molecule has 2 atom stereocenters. The van der Waals surface area contributed by atoms with E-state index >= 15 is 0 Å². The van der Waals surface area contributed by atoms with Crippen LogP contribution in [0.15, 0.2) is 30.3 Å². The molecule has 0 saturated carbocycles. The number of nitrogens with zero attached hydrogens (tertiary/aromatic N) is 4. The van der Waals surface area contributed by atoms with Crippen molar-refractivity contribution in [3.8, 4) is 0 Å². The predicted molar refractivity (Wildman–Crippen MR) is 122 cm³/mol. The molecule has 0 aliphatic heterocycles. The Balaban J connectivity index is 2.03. The number of nitrogens with one attached hydrogen (secondary N) is 2. The summed E-state index contributed by atoms with van der Waals surface area (Å²) in [6.07, 6.45) is 0.176. The minimum absolute atomic E-state index is 0.0438. The summed E-state index contributed by atoms with van der Waals surface area (Å²) in [5, 5.41) is 16.6. The van der Waals surface area contributed by atoms with Crippen LogP contribution in [0.4, 0.5) is 4.79 Å². The largest absolute Gasteiger partial charge is 0.445 e. The highest BCUT2D eigenvalue weighted by Crippen LogP contribution is 2.11. The van der Waals surface area contributed by atoms with Gasteiger partial charge < -0.3 is 15.4 Å².